The van der Waals surface area contributed by atoms with Gasteiger partial charge in [-0.2, -0.15) is 28.6 Å². The number of nitrogens with zero attached hydrogens (tertiary/aromatic N) is 4. The smallest absolute Gasteiger partial charge is 0.370 e. The van der Waals surface area contributed by atoms with Crippen molar-refractivity contribution >= 4 is 6.03 Å². The third-order valence-electron chi connectivity index (χ3n) is 6.86. The van der Waals surface area contributed by atoms with Crippen LogP contribution >= 0.6 is 0 Å². The molecule has 8 nitrogen and oxygen atoms in total. The van der Waals surface area contributed by atoms with Crippen molar-refractivity contribution in [2.24, 2.45) is 0 Å². The lowest BCUT2D eigenvalue weighted by atomic mass is 9.76. The fourth-order valence-corrected chi connectivity index (χ4v) is 4.85. The van der Waals surface area contributed by atoms with Gasteiger partial charge in [-0.25, -0.2) is 9.18 Å². The maximum Gasteiger partial charge on any atom is 0.416 e. The number of fused-ring (bicyclic) bond motifs is 3. The molecule has 2 aromatic rings. The topological polar surface area (TPSA) is 83.6 Å². The molecule has 3 aliphatic heterocycles. The summed E-state index contributed by atoms with van der Waals surface area (Å²) in [7, 11) is 0. The molecule has 12 heteroatoms. The van der Waals surface area contributed by atoms with Crippen molar-refractivity contribution in [3.8, 4) is 0 Å². The Labute approximate surface area is 188 Å². The Morgan fingerprint density at radius 3 is 2.79 bits per heavy atom. The monoisotopic (exact) mass is 471 g/mol. The van der Waals surface area contributed by atoms with Crippen LogP contribution in [-0.2, 0) is 34.3 Å². The highest BCUT2D eigenvalue weighted by molar-refractivity contribution is 5.76. The zero-order valence-electron chi connectivity index (χ0n) is 17.9. The second kappa shape index (κ2) is 7.94. The second-order valence-electron chi connectivity index (χ2n) is 8.73. The first-order valence-electron chi connectivity index (χ1n) is 10.7. The van der Waals surface area contributed by atoms with E-state index in [9.17, 15) is 22.4 Å². The van der Waals surface area contributed by atoms with E-state index >= 15 is 0 Å². The number of carbonyl (C=O) groups excluding carboxylic acids is 1. The van der Waals surface area contributed by atoms with Crippen LogP contribution in [0.15, 0.2) is 18.2 Å². The molecule has 0 unspecified atom stereocenters. The number of aromatic amines is 1. The number of hydrogen-bond donors (Lipinski definition) is 1. The lowest BCUT2D eigenvalue weighted by molar-refractivity contribution is -0.137. The Kier molecular flexibility index (Phi) is 5.31. The van der Waals surface area contributed by atoms with Crippen molar-refractivity contribution in [2.75, 3.05) is 26.2 Å². The minimum absolute atomic E-state index is 0. The second-order valence-corrected chi connectivity index (χ2v) is 8.73. The molecule has 0 spiro atoms. The highest BCUT2D eigenvalue weighted by Crippen LogP contribution is 2.43. The molecule has 2 fully saturated rings. The van der Waals surface area contributed by atoms with Gasteiger partial charge in [0.2, 0.25) is 0 Å². The summed E-state index contributed by atoms with van der Waals surface area (Å²) in [6, 6.07) is 2.24. The van der Waals surface area contributed by atoms with Crippen LogP contribution in [0.5, 0.6) is 0 Å². The lowest BCUT2D eigenvalue weighted by Gasteiger charge is -2.41. The minimum Gasteiger partial charge on any atom is -0.370 e. The van der Waals surface area contributed by atoms with Gasteiger partial charge in [-0.05, 0) is 18.6 Å². The average Bonchev–Trinajstić information content (AvgIpc) is 3.37. The molecule has 1 aromatic heterocycles. The normalized spacial score (nSPS) is 25.1. The van der Waals surface area contributed by atoms with Crippen LogP contribution in [0.1, 0.15) is 37.3 Å². The molecule has 3 aliphatic rings. The number of H-pyrrole nitrogens is 1. The third-order valence-corrected chi connectivity index (χ3v) is 6.86. The van der Waals surface area contributed by atoms with E-state index in [0.29, 0.717) is 38.9 Å². The van der Waals surface area contributed by atoms with Crippen molar-refractivity contribution in [3.05, 3.63) is 46.5 Å². The number of halogens is 4. The first-order valence-corrected chi connectivity index (χ1v) is 10.7. The Balaban J connectivity index is 0.00000274. The summed E-state index contributed by atoms with van der Waals surface area (Å²) in [5.41, 5.74) is 0.246. The summed E-state index contributed by atoms with van der Waals surface area (Å²) in [6.07, 6.45) is -4.30. The zero-order valence-corrected chi connectivity index (χ0v) is 17.9. The van der Waals surface area contributed by atoms with Crippen molar-refractivity contribution in [3.63, 3.8) is 0 Å². The quantitative estimate of drug-likeness (QED) is 0.693. The first kappa shape index (κ1) is 22.1. The summed E-state index contributed by atoms with van der Waals surface area (Å²) in [6.45, 7) is 3.84. The number of hydrogen-bond acceptors (Lipinski definition) is 5. The highest BCUT2D eigenvalue weighted by atomic mass is 19.4. The fraction of sp³-hybridized carbons (Fsp3) is 0.571. The van der Waals surface area contributed by atoms with Gasteiger partial charge in [0.1, 0.15) is 11.5 Å². The summed E-state index contributed by atoms with van der Waals surface area (Å²) in [4.78, 5) is 16.4. The average molecular weight is 471 g/mol. The summed E-state index contributed by atoms with van der Waals surface area (Å²) >= 11 is 0. The highest BCUT2D eigenvalue weighted by Gasteiger charge is 2.54. The Morgan fingerprint density at radius 1 is 1.30 bits per heavy atom. The number of alkyl halides is 3. The van der Waals surface area contributed by atoms with E-state index in [4.69, 9.17) is 9.47 Å². The minimum atomic E-state index is -4.60. The lowest BCUT2D eigenvalue weighted by Crippen LogP contribution is -2.58. The molecule has 4 heterocycles. The molecule has 1 aromatic carbocycles. The fourth-order valence-electron chi connectivity index (χ4n) is 4.85. The van der Waals surface area contributed by atoms with E-state index in [-0.39, 0.29) is 31.8 Å². The van der Waals surface area contributed by atoms with Crippen LogP contribution in [0.25, 0.3) is 0 Å². The Bertz CT molecular complexity index is 1060. The van der Waals surface area contributed by atoms with Crippen molar-refractivity contribution in [1.82, 2.24) is 25.2 Å². The molecule has 5 rings (SSSR count). The standard InChI is InChI=1S/C21H23F4N5O3.H2/c1-2-20-11-30(8-17(20)33-10-16-18(20)27-28-26-16)19(31)29-6-14(7-29)32-9-12-3-4-13(5-15(12)22)21(23,24)25;/h3-5,14,17H,2,6-11H2,1H3,(H,26,27,28);1H/t17-,20+;/m0./s1. The summed E-state index contributed by atoms with van der Waals surface area (Å²) in [5, 5.41) is 11.1. The van der Waals surface area contributed by atoms with Gasteiger partial charge in [0, 0.05) is 20.1 Å². The van der Waals surface area contributed by atoms with Gasteiger partial charge >= 0.3 is 12.2 Å². The molecule has 180 valence electrons. The molecule has 2 atom stereocenters. The maximum atomic E-state index is 14.0. The van der Waals surface area contributed by atoms with Gasteiger partial charge in [0.25, 0.3) is 0 Å². The van der Waals surface area contributed by atoms with Crippen LogP contribution in [-0.4, -0.2) is 69.6 Å². The van der Waals surface area contributed by atoms with Crippen LogP contribution in [0.3, 0.4) is 0 Å². The largest absolute Gasteiger partial charge is 0.416 e. The number of ether oxygens (including phenoxy) is 2. The first-order chi connectivity index (χ1) is 15.7. The Morgan fingerprint density at radius 2 is 2.09 bits per heavy atom. The van der Waals surface area contributed by atoms with E-state index in [1.54, 1.807) is 9.80 Å². The molecule has 0 bridgehead atoms. The van der Waals surface area contributed by atoms with Crippen LogP contribution in [0, 0.1) is 5.82 Å². The van der Waals surface area contributed by atoms with Crippen LogP contribution in [0.4, 0.5) is 22.4 Å². The molecule has 0 radical (unpaired) electrons. The molecule has 33 heavy (non-hydrogen) atoms. The maximum absolute atomic E-state index is 14.0. The Hall–Kier alpha value is -2.73. The molecular weight excluding hydrogens is 446 g/mol. The van der Waals surface area contributed by atoms with Crippen molar-refractivity contribution < 1.29 is 33.3 Å². The van der Waals surface area contributed by atoms with E-state index in [2.05, 4.69) is 15.4 Å². The number of benzene rings is 1. The van der Waals surface area contributed by atoms with Crippen LogP contribution < -0.4 is 0 Å². The van der Waals surface area contributed by atoms with E-state index in [1.165, 1.54) is 0 Å². The molecule has 0 saturated carbocycles. The molecule has 2 saturated heterocycles. The van der Waals surface area contributed by atoms with Gasteiger partial charge in [-0.3, -0.25) is 0 Å². The zero-order chi connectivity index (χ0) is 23.4. The molecule has 1 N–H and O–H groups in total. The van der Waals surface area contributed by atoms with Gasteiger partial charge in [-0.15, -0.1) is 0 Å². The summed E-state index contributed by atoms with van der Waals surface area (Å²) in [5.74, 6) is -0.964. The van der Waals surface area contributed by atoms with E-state index in [0.717, 1.165) is 29.9 Å². The van der Waals surface area contributed by atoms with E-state index < -0.39 is 23.0 Å². The van der Waals surface area contributed by atoms with Crippen molar-refractivity contribution in [2.45, 2.75) is 50.4 Å². The number of amides is 2. The summed E-state index contributed by atoms with van der Waals surface area (Å²) < 4.78 is 63.6. The van der Waals surface area contributed by atoms with Gasteiger partial charge in [-0.1, -0.05) is 13.0 Å². The molecular formula is C21H25F4N5O3. The number of aromatic nitrogens is 3. The third kappa shape index (κ3) is 3.74. The predicted molar refractivity (Wildman–Crippen MR) is 108 cm³/mol. The number of carbonyl (C=O) groups is 1. The number of urea groups is 1. The predicted octanol–water partition coefficient (Wildman–Crippen LogP) is 3.09. The van der Waals surface area contributed by atoms with Crippen molar-refractivity contribution in [1.29, 1.82) is 0 Å². The van der Waals surface area contributed by atoms with Crippen LogP contribution in [0.2, 0.25) is 0 Å². The molecule has 2 amide bonds. The number of likely N-dealkylation sites (tertiary alicyclic amines) is 2. The van der Waals surface area contributed by atoms with Gasteiger partial charge in [0.15, 0.2) is 0 Å². The van der Waals surface area contributed by atoms with Gasteiger partial charge in [0.05, 0.1) is 55.2 Å². The number of nitrogens with one attached hydrogen (secondary N) is 1. The SMILES string of the molecule is CC[C@@]12CN(C(=O)N3CC(OCc4ccc(C(F)(F)F)cc4F)C3)C[C@@H]1OCc1n[nH]nc12.[HH]. The number of rotatable bonds is 4. The van der Waals surface area contributed by atoms with E-state index in [1.807, 2.05) is 6.92 Å². The molecule has 0 aliphatic carbocycles. The van der Waals surface area contributed by atoms with Gasteiger partial charge < -0.3 is 19.3 Å².